The van der Waals surface area contributed by atoms with Crippen LogP contribution in [0.4, 0.5) is 5.69 Å². The Morgan fingerprint density at radius 2 is 1.62 bits per heavy atom. The van der Waals surface area contributed by atoms with E-state index in [1.165, 1.54) is 5.56 Å². The maximum atomic E-state index is 12.7. The van der Waals surface area contributed by atoms with Crippen molar-refractivity contribution in [1.82, 2.24) is 4.98 Å². The molecule has 168 valence electrons. The van der Waals surface area contributed by atoms with Crippen LogP contribution >= 0.6 is 0 Å². The molecule has 5 aromatic rings. The highest BCUT2D eigenvalue weighted by Crippen LogP contribution is 2.33. The Morgan fingerprint density at radius 3 is 2.41 bits per heavy atom. The van der Waals surface area contributed by atoms with Crippen molar-refractivity contribution < 1.29 is 9.21 Å². The highest BCUT2D eigenvalue weighted by atomic mass is 16.3. The van der Waals surface area contributed by atoms with Crippen LogP contribution < -0.4 is 5.32 Å². The molecular weight excluding hydrogens is 420 g/mol. The van der Waals surface area contributed by atoms with E-state index in [1.54, 1.807) is 6.08 Å². The maximum Gasteiger partial charge on any atom is 0.248 e. The number of rotatable bonds is 4. The quantitative estimate of drug-likeness (QED) is 0.289. The van der Waals surface area contributed by atoms with E-state index in [9.17, 15) is 4.79 Å². The summed E-state index contributed by atoms with van der Waals surface area (Å²) in [6.07, 6.45) is 3.36. The lowest BCUT2D eigenvalue weighted by Crippen LogP contribution is -2.10. The Bertz CT molecular complexity index is 1520. The molecular formula is C30H26N2O2. The summed E-state index contributed by atoms with van der Waals surface area (Å²) in [6, 6.07) is 27.9. The van der Waals surface area contributed by atoms with E-state index < -0.39 is 0 Å². The van der Waals surface area contributed by atoms with Crippen LogP contribution in [-0.4, -0.2) is 10.9 Å². The van der Waals surface area contributed by atoms with Gasteiger partial charge in [-0.15, -0.1) is 0 Å². The molecule has 0 aliphatic heterocycles. The summed E-state index contributed by atoms with van der Waals surface area (Å²) < 4.78 is 6.18. The molecule has 34 heavy (non-hydrogen) atoms. The van der Waals surface area contributed by atoms with Gasteiger partial charge < -0.3 is 9.73 Å². The molecule has 1 aromatic heterocycles. The van der Waals surface area contributed by atoms with Gasteiger partial charge in [0.1, 0.15) is 5.52 Å². The minimum absolute atomic E-state index is 0.0975. The first-order valence-corrected chi connectivity index (χ1v) is 11.4. The summed E-state index contributed by atoms with van der Waals surface area (Å²) in [4.78, 5) is 17.4. The summed E-state index contributed by atoms with van der Waals surface area (Å²) in [6.45, 7) is 6.55. The van der Waals surface area contributed by atoms with Crippen molar-refractivity contribution in [1.29, 1.82) is 0 Å². The first-order chi connectivity index (χ1) is 16.4. The van der Waals surface area contributed by atoms with Crippen molar-refractivity contribution in [2.24, 2.45) is 0 Å². The van der Waals surface area contributed by atoms with Crippen LogP contribution in [0.5, 0.6) is 0 Å². The molecule has 1 N–H and O–H groups in total. The molecule has 1 heterocycles. The van der Waals surface area contributed by atoms with E-state index in [0.717, 1.165) is 33.0 Å². The van der Waals surface area contributed by atoms with Gasteiger partial charge in [0.15, 0.2) is 5.58 Å². The number of benzene rings is 4. The van der Waals surface area contributed by atoms with Crippen molar-refractivity contribution in [3.05, 3.63) is 102 Å². The molecule has 0 saturated carbocycles. The first kappa shape index (κ1) is 21.7. The number of carbonyl (C=O) groups excluding carboxylic acids is 1. The molecule has 0 bridgehead atoms. The second-order valence-electron chi connectivity index (χ2n) is 9.39. The second kappa shape index (κ2) is 8.64. The largest absolute Gasteiger partial charge is 0.435 e. The smallest absolute Gasteiger partial charge is 0.248 e. The van der Waals surface area contributed by atoms with Gasteiger partial charge in [0.2, 0.25) is 11.8 Å². The molecule has 0 saturated heterocycles. The van der Waals surface area contributed by atoms with Gasteiger partial charge in [0.25, 0.3) is 0 Å². The number of para-hydroxylation sites is 1. The fourth-order valence-electron chi connectivity index (χ4n) is 3.99. The average Bonchev–Trinajstić information content (AvgIpc) is 3.28. The van der Waals surface area contributed by atoms with E-state index in [1.807, 2.05) is 78.9 Å². The fourth-order valence-corrected chi connectivity index (χ4v) is 3.99. The molecule has 4 aromatic carbocycles. The molecule has 0 unspecified atom stereocenters. The van der Waals surface area contributed by atoms with E-state index in [-0.39, 0.29) is 11.3 Å². The van der Waals surface area contributed by atoms with Crippen LogP contribution in [0.3, 0.4) is 0 Å². The topological polar surface area (TPSA) is 55.1 Å². The Kier molecular flexibility index (Phi) is 5.50. The highest BCUT2D eigenvalue weighted by Gasteiger charge is 2.15. The predicted molar refractivity (Wildman–Crippen MR) is 140 cm³/mol. The van der Waals surface area contributed by atoms with Gasteiger partial charge in [-0.25, -0.2) is 4.98 Å². The summed E-state index contributed by atoms with van der Waals surface area (Å²) in [5.41, 5.74) is 5.24. The number of aromatic nitrogens is 1. The van der Waals surface area contributed by atoms with E-state index in [4.69, 9.17) is 4.42 Å². The number of hydrogen-bond acceptors (Lipinski definition) is 3. The van der Waals surface area contributed by atoms with Gasteiger partial charge in [-0.2, -0.15) is 0 Å². The van der Waals surface area contributed by atoms with Crippen molar-refractivity contribution >= 4 is 39.5 Å². The maximum absolute atomic E-state index is 12.7. The van der Waals surface area contributed by atoms with Gasteiger partial charge in [0, 0.05) is 11.5 Å². The van der Waals surface area contributed by atoms with Crippen LogP contribution in [0.25, 0.3) is 39.4 Å². The number of nitrogens with zero attached hydrogens (tertiary/aromatic N) is 1. The predicted octanol–water partition coefficient (Wildman–Crippen LogP) is 7.60. The van der Waals surface area contributed by atoms with Crippen LogP contribution in [0.15, 0.2) is 95.4 Å². The zero-order valence-corrected chi connectivity index (χ0v) is 19.5. The van der Waals surface area contributed by atoms with Gasteiger partial charge in [-0.3, -0.25) is 4.79 Å². The van der Waals surface area contributed by atoms with Gasteiger partial charge in [-0.05, 0) is 46.2 Å². The molecule has 4 nitrogen and oxygen atoms in total. The zero-order chi connectivity index (χ0) is 23.7. The lowest BCUT2D eigenvalue weighted by molar-refractivity contribution is -0.111. The molecule has 0 atom stereocenters. The van der Waals surface area contributed by atoms with Crippen LogP contribution in [0.1, 0.15) is 31.9 Å². The number of anilines is 1. The number of oxazole rings is 1. The van der Waals surface area contributed by atoms with Crippen LogP contribution in [0.2, 0.25) is 0 Å². The Balaban J connectivity index is 1.40. The third-order valence-electron chi connectivity index (χ3n) is 5.90. The number of amides is 1. The minimum atomic E-state index is -0.214. The van der Waals surface area contributed by atoms with Crippen molar-refractivity contribution in [2.45, 2.75) is 26.2 Å². The van der Waals surface area contributed by atoms with E-state index >= 15 is 0 Å². The van der Waals surface area contributed by atoms with Gasteiger partial charge in [0.05, 0.1) is 11.3 Å². The number of nitrogens with one attached hydrogen (secondary N) is 1. The molecule has 1 amide bonds. The average molecular weight is 447 g/mol. The SMILES string of the molecule is CC(C)(C)c1ccc(C=CC(=O)Nc2ccccc2-c2nc3ccc4ccccc4c3o2)cc1. The number of carbonyl (C=O) groups is 1. The molecule has 0 aliphatic rings. The van der Waals surface area contributed by atoms with E-state index in [2.05, 4.69) is 43.2 Å². The van der Waals surface area contributed by atoms with Crippen LogP contribution in [-0.2, 0) is 10.2 Å². The zero-order valence-electron chi connectivity index (χ0n) is 19.5. The molecule has 0 aliphatic carbocycles. The Hall–Kier alpha value is -4.18. The van der Waals surface area contributed by atoms with Crippen LogP contribution in [0, 0.1) is 0 Å². The third kappa shape index (κ3) is 4.35. The summed E-state index contributed by atoms with van der Waals surface area (Å²) >= 11 is 0. The van der Waals surface area contributed by atoms with E-state index in [0.29, 0.717) is 11.6 Å². The second-order valence-corrected chi connectivity index (χ2v) is 9.39. The highest BCUT2D eigenvalue weighted by molar-refractivity contribution is 6.05. The lowest BCUT2D eigenvalue weighted by Gasteiger charge is -2.18. The molecule has 0 fully saturated rings. The third-order valence-corrected chi connectivity index (χ3v) is 5.90. The molecule has 5 rings (SSSR count). The van der Waals surface area contributed by atoms with Crippen molar-refractivity contribution in [2.75, 3.05) is 5.32 Å². The minimum Gasteiger partial charge on any atom is -0.435 e. The van der Waals surface area contributed by atoms with Gasteiger partial charge >= 0.3 is 0 Å². The fraction of sp³-hybridized carbons (Fsp3) is 0.133. The summed E-state index contributed by atoms with van der Waals surface area (Å²) in [5, 5.41) is 5.08. The monoisotopic (exact) mass is 446 g/mol. The first-order valence-electron chi connectivity index (χ1n) is 11.4. The molecule has 4 heteroatoms. The molecule has 0 spiro atoms. The Labute approximate surface area is 198 Å². The number of hydrogen-bond donors (Lipinski definition) is 1. The molecule has 0 radical (unpaired) electrons. The lowest BCUT2D eigenvalue weighted by atomic mass is 9.87. The summed E-state index contributed by atoms with van der Waals surface area (Å²) in [5.74, 6) is 0.262. The standard InChI is InChI=1S/C30H26N2O2/c1-30(2,3)22-16-12-20(13-17-22)14-19-27(33)31-25-11-7-6-10-24(25)29-32-26-18-15-21-8-4-5-9-23(21)28(26)34-29/h4-19H,1-3H3,(H,31,33). The number of fused-ring (bicyclic) bond motifs is 3. The van der Waals surface area contributed by atoms with Crippen molar-refractivity contribution in [3.63, 3.8) is 0 Å². The Morgan fingerprint density at radius 1 is 0.882 bits per heavy atom. The normalized spacial score (nSPS) is 12.0. The van der Waals surface area contributed by atoms with Gasteiger partial charge in [-0.1, -0.05) is 87.5 Å². The summed E-state index contributed by atoms with van der Waals surface area (Å²) in [7, 11) is 0. The van der Waals surface area contributed by atoms with Crippen molar-refractivity contribution in [3.8, 4) is 11.5 Å².